The minimum atomic E-state index is -1.94. The first-order valence-corrected chi connectivity index (χ1v) is 10.3. The van der Waals surface area contributed by atoms with Crippen LogP contribution in [0.5, 0.6) is 0 Å². The standard InChI is InChI=1S/C19H25F3N4O5/c1-2-24-7-25-6-12(27)14-13(16(28)17(29)15(19(24)31)26(14)25)18(30)23-5-9-10(21)3-8(20)4-11(9)22/h3,9-15,17,27,29H,2,4-7H2,1H3,(H,23,30). The lowest BCUT2D eigenvalue weighted by Crippen LogP contribution is -2.74. The molecular weight excluding hydrogens is 421 g/mol. The van der Waals surface area contributed by atoms with E-state index >= 15 is 0 Å². The van der Waals surface area contributed by atoms with Crippen LogP contribution in [0, 0.1) is 11.8 Å². The number of aliphatic hydroxyl groups excluding tert-OH is 2. The lowest BCUT2D eigenvalue weighted by molar-refractivity contribution is -0.200. The Kier molecular flexibility index (Phi) is 5.83. The van der Waals surface area contributed by atoms with Gasteiger partial charge in [0.1, 0.15) is 36.2 Å². The summed E-state index contributed by atoms with van der Waals surface area (Å²) in [6, 6.07) is -2.33. The van der Waals surface area contributed by atoms with Crippen LogP contribution in [0.15, 0.2) is 11.9 Å². The topological polar surface area (TPSA) is 113 Å². The zero-order valence-corrected chi connectivity index (χ0v) is 16.8. The van der Waals surface area contributed by atoms with Crippen molar-refractivity contribution in [1.82, 2.24) is 20.2 Å². The Bertz CT molecular complexity index is 813. The van der Waals surface area contributed by atoms with Gasteiger partial charge in [0.05, 0.1) is 18.8 Å². The third-order valence-corrected chi connectivity index (χ3v) is 6.63. The molecule has 3 aliphatic heterocycles. The molecular formula is C19H25F3N4O5. The molecule has 8 unspecified atom stereocenters. The fourth-order valence-electron chi connectivity index (χ4n) is 5.02. The summed E-state index contributed by atoms with van der Waals surface area (Å²) in [5.41, 5.74) is 0. The molecule has 12 heteroatoms. The zero-order valence-electron chi connectivity index (χ0n) is 16.8. The van der Waals surface area contributed by atoms with E-state index in [4.69, 9.17) is 0 Å². The van der Waals surface area contributed by atoms with Gasteiger partial charge in [-0.25, -0.2) is 23.2 Å². The number of halogens is 3. The van der Waals surface area contributed by atoms with Gasteiger partial charge in [0.15, 0.2) is 5.78 Å². The minimum Gasteiger partial charge on any atom is -0.390 e. The summed E-state index contributed by atoms with van der Waals surface area (Å²) in [6.07, 6.45) is -6.67. The first-order valence-electron chi connectivity index (χ1n) is 10.3. The molecule has 0 aromatic carbocycles. The Balaban J connectivity index is 1.53. The molecule has 3 N–H and O–H groups in total. The number of nitrogens with zero attached hydrogens (tertiary/aromatic N) is 3. The van der Waals surface area contributed by atoms with Crippen molar-refractivity contribution in [3.05, 3.63) is 11.9 Å². The number of carbonyl (C=O) groups excluding carboxylic acids is 3. The monoisotopic (exact) mass is 446 g/mol. The number of nitrogens with one attached hydrogen (secondary N) is 1. The van der Waals surface area contributed by atoms with Crippen LogP contribution in [0.4, 0.5) is 13.2 Å². The minimum absolute atomic E-state index is 0.0561. The molecule has 31 heavy (non-hydrogen) atoms. The number of rotatable bonds is 4. The van der Waals surface area contributed by atoms with Crippen LogP contribution in [0.1, 0.15) is 13.3 Å². The lowest BCUT2D eigenvalue weighted by Gasteiger charge is -2.51. The number of alkyl halides is 2. The maximum absolute atomic E-state index is 14.1. The lowest BCUT2D eigenvalue weighted by atomic mass is 9.80. The molecule has 172 valence electrons. The summed E-state index contributed by atoms with van der Waals surface area (Å²) in [6.45, 7) is 1.80. The van der Waals surface area contributed by atoms with Crippen LogP contribution in [-0.4, -0.2) is 106 Å². The number of amides is 2. The second kappa shape index (κ2) is 8.15. The fraction of sp³-hybridized carbons (Fsp3) is 0.737. The number of likely N-dealkylation sites (N-methyl/N-ethyl adjacent to an activating group) is 1. The predicted molar refractivity (Wildman–Crippen MR) is 99.0 cm³/mol. The van der Waals surface area contributed by atoms with Crippen LogP contribution in [0.2, 0.25) is 0 Å². The van der Waals surface area contributed by atoms with Gasteiger partial charge in [0.25, 0.3) is 0 Å². The molecule has 0 spiro atoms. The first-order chi connectivity index (χ1) is 14.6. The summed E-state index contributed by atoms with van der Waals surface area (Å²) in [5.74, 6) is -6.07. The Labute approximate surface area is 176 Å². The SMILES string of the molecule is CCN1CN2CC(O)C3C(C(=O)NCC4C(F)C=C(F)CC4F)C(=O)C(O)C(C1=O)N32. The van der Waals surface area contributed by atoms with Crippen molar-refractivity contribution in [3.63, 3.8) is 0 Å². The van der Waals surface area contributed by atoms with Crippen LogP contribution < -0.4 is 5.32 Å². The van der Waals surface area contributed by atoms with Gasteiger partial charge in [-0.15, -0.1) is 0 Å². The van der Waals surface area contributed by atoms with Gasteiger partial charge in [0, 0.05) is 32.0 Å². The molecule has 2 amide bonds. The van der Waals surface area contributed by atoms with Crippen molar-refractivity contribution in [1.29, 1.82) is 0 Å². The molecule has 9 nitrogen and oxygen atoms in total. The molecule has 3 heterocycles. The fourth-order valence-corrected chi connectivity index (χ4v) is 5.02. The molecule has 1 aliphatic carbocycles. The van der Waals surface area contributed by atoms with Gasteiger partial charge >= 0.3 is 0 Å². The second-order valence-electron chi connectivity index (χ2n) is 8.42. The summed E-state index contributed by atoms with van der Waals surface area (Å²) >= 11 is 0. The molecule has 3 saturated heterocycles. The van der Waals surface area contributed by atoms with E-state index in [1.165, 1.54) is 9.91 Å². The van der Waals surface area contributed by atoms with Gasteiger partial charge in [-0.3, -0.25) is 14.4 Å². The van der Waals surface area contributed by atoms with Crippen LogP contribution >= 0.6 is 0 Å². The molecule has 0 saturated carbocycles. The maximum atomic E-state index is 14.1. The average Bonchev–Trinajstić information content (AvgIpc) is 3.01. The van der Waals surface area contributed by atoms with Gasteiger partial charge in [-0.05, 0) is 13.0 Å². The van der Waals surface area contributed by atoms with Crippen molar-refractivity contribution in [2.24, 2.45) is 11.8 Å². The smallest absolute Gasteiger partial charge is 0.245 e. The maximum Gasteiger partial charge on any atom is 0.245 e. The third kappa shape index (κ3) is 3.55. The highest BCUT2D eigenvalue weighted by Crippen LogP contribution is 2.38. The Morgan fingerprint density at radius 1 is 1.29 bits per heavy atom. The van der Waals surface area contributed by atoms with Crippen molar-refractivity contribution in [2.75, 3.05) is 26.3 Å². The molecule has 4 rings (SSSR count). The van der Waals surface area contributed by atoms with E-state index in [9.17, 15) is 37.8 Å². The van der Waals surface area contributed by atoms with E-state index in [0.29, 0.717) is 12.6 Å². The van der Waals surface area contributed by atoms with Crippen molar-refractivity contribution in [3.8, 4) is 0 Å². The normalized spacial score (nSPS) is 41.2. The Hall–Kier alpha value is -2.02. The van der Waals surface area contributed by atoms with Crippen molar-refractivity contribution < 1.29 is 37.8 Å². The largest absolute Gasteiger partial charge is 0.390 e. The number of allylic oxidation sites excluding steroid dienone is 2. The number of hydrazine groups is 1. The molecule has 4 aliphatic rings. The number of hydrogen-bond acceptors (Lipinski definition) is 7. The van der Waals surface area contributed by atoms with E-state index in [1.807, 2.05) is 0 Å². The van der Waals surface area contributed by atoms with Crippen LogP contribution in [0.25, 0.3) is 0 Å². The van der Waals surface area contributed by atoms with Gasteiger partial charge in [0.2, 0.25) is 11.8 Å². The van der Waals surface area contributed by atoms with E-state index < -0.39 is 84.9 Å². The Morgan fingerprint density at radius 3 is 2.65 bits per heavy atom. The van der Waals surface area contributed by atoms with Gasteiger partial charge in [-0.1, -0.05) is 0 Å². The summed E-state index contributed by atoms with van der Waals surface area (Å²) in [7, 11) is 0. The molecule has 0 aromatic rings. The van der Waals surface area contributed by atoms with Crippen molar-refractivity contribution >= 4 is 17.6 Å². The third-order valence-electron chi connectivity index (χ3n) is 6.63. The van der Waals surface area contributed by atoms with Gasteiger partial charge < -0.3 is 20.4 Å². The van der Waals surface area contributed by atoms with E-state index in [1.54, 1.807) is 11.9 Å². The molecule has 0 bridgehead atoms. The number of ketones is 1. The Morgan fingerprint density at radius 2 is 2.00 bits per heavy atom. The number of Topliss-reactive ketones (excluding diaryl/α,β-unsaturated/α-hetero) is 1. The number of hydrogen-bond donors (Lipinski definition) is 3. The number of carbonyl (C=O) groups is 3. The summed E-state index contributed by atoms with van der Waals surface area (Å²) < 4.78 is 41.2. The zero-order chi connectivity index (χ0) is 22.6. The van der Waals surface area contributed by atoms with Crippen molar-refractivity contribution in [2.45, 2.75) is 50.0 Å². The van der Waals surface area contributed by atoms with E-state index in [-0.39, 0.29) is 13.2 Å². The van der Waals surface area contributed by atoms with Crippen LogP contribution in [0.3, 0.4) is 0 Å². The quantitative estimate of drug-likeness (QED) is 0.459. The highest BCUT2D eigenvalue weighted by Gasteiger charge is 2.62. The molecule has 8 atom stereocenters. The predicted octanol–water partition coefficient (Wildman–Crippen LogP) is -1.34. The molecule has 0 radical (unpaired) electrons. The number of aliphatic hydroxyl groups is 2. The second-order valence-corrected chi connectivity index (χ2v) is 8.42. The first kappa shape index (κ1) is 22.2. The summed E-state index contributed by atoms with van der Waals surface area (Å²) in [4.78, 5) is 39.9. The summed E-state index contributed by atoms with van der Waals surface area (Å²) in [5, 5.41) is 26.5. The molecule has 0 aromatic heterocycles. The van der Waals surface area contributed by atoms with Crippen LogP contribution in [-0.2, 0) is 14.4 Å². The molecule has 3 fully saturated rings. The highest BCUT2D eigenvalue weighted by atomic mass is 19.2. The van der Waals surface area contributed by atoms with E-state index in [0.717, 1.165) is 0 Å². The van der Waals surface area contributed by atoms with E-state index in [2.05, 4.69) is 5.32 Å². The van der Waals surface area contributed by atoms with Gasteiger partial charge in [-0.2, -0.15) is 0 Å². The number of piperidine rings is 1. The highest BCUT2D eigenvalue weighted by molar-refractivity contribution is 6.07. The average molecular weight is 446 g/mol.